The van der Waals surface area contributed by atoms with Gasteiger partial charge in [-0.25, -0.2) is 0 Å². The molecule has 0 radical (unpaired) electrons. The van der Waals surface area contributed by atoms with Crippen LogP contribution in [0.5, 0.6) is 0 Å². The van der Waals surface area contributed by atoms with E-state index in [0.29, 0.717) is 18.5 Å². The summed E-state index contributed by atoms with van der Waals surface area (Å²) in [5.74, 6) is 0.682. The summed E-state index contributed by atoms with van der Waals surface area (Å²) in [5.41, 5.74) is 2.43. The maximum atomic E-state index is 11.0. The molecule has 0 saturated heterocycles. The van der Waals surface area contributed by atoms with Crippen molar-refractivity contribution in [3.8, 4) is 0 Å². The van der Waals surface area contributed by atoms with Gasteiger partial charge >= 0.3 is 5.97 Å². The van der Waals surface area contributed by atoms with E-state index in [4.69, 9.17) is 5.11 Å². The van der Waals surface area contributed by atoms with Crippen molar-refractivity contribution < 1.29 is 9.90 Å². The number of aryl methyl sites for hydroxylation is 1. The summed E-state index contributed by atoms with van der Waals surface area (Å²) < 4.78 is 0. The largest absolute Gasteiger partial charge is 0.481 e. The van der Waals surface area contributed by atoms with Gasteiger partial charge in [0.2, 0.25) is 0 Å². The molecular formula is C18H27NO2. The topological polar surface area (TPSA) is 40.5 Å². The molecule has 21 heavy (non-hydrogen) atoms. The van der Waals surface area contributed by atoms with Gasteiger partial charge in [-0.2, -0.15) is 0 Å². The highest BCUT2D eigenvalue weighted by atomic mass is 16.4. The van der Waals surface area contributed by atoms with Gasteiger partial charge in [-0.05, 0) is 49.7 Å². The lowest BCUT2D eigenvalue weighted by atomic mass is 9.79. The first-order valence-corrected chi connectivity index (χ1v) is 8.03. The standard InChI is InChI=1S/C18H27NO2/c1-13-8-9-17(15(3)12-13)19(11-10-18(20)21)16-7-5-4-6-14(16)2/h4-7,13,15,17H,8-12H2,1-3H3,(H,20,21). The minimum absolute atomic E-state index is 0.201. The number of rotatable bonds is 5. The molecule has 0 spiro atoms. The molecule has 0 aromatic heterocycles. The van der Waals surface area contributed by atoms with Crippen LogP contribution in [-0.4, -0.2) is 23.7 Å². The van der Waals surface area contributed by atoms with Gasteiger partial charge in [0.15, 0.2) is 0 Å². The highest BCUT2D eigenvalue weighted by molar-refractivity contribution is 5.68. The van der Waals surface area contributed by atoms with Gasteiger partial charge in [-0.1, -0.05) is 32.0 Å². The smallest absolute Gasteiger partial charge is 0.305 e. The van der Waals surface area contributed by atoms with Crippen molar-refractivity contribution in [1.82, 2.24) is 0 Å². The van der Waals surface area contributed by atoms with Crippen LogP contribution in [0, 0.1) is 18.8 Å². The lowest BCUT2D eigenvalue weighted by Crippen LogP contribution is -2.44. The lowest BCUT2D eigenvalue weighted by Gasteiger charge is -2.42. The summed E-state index contributed by atoms with van der Waals surface area (Å²) in [6.07, 6.45) is 3.84. The Morgan fingerprint density at radius 2 is 2.00 bits per heavy atom. The van der Waals surface area contributed by atoms with Crippen LogP contribution in [-0.2, 0) is 4.79 Å². The Bertz CT molecular complexity index is 486. The van der Waals surface area contributed by atoms with Crippen molar-refractivity contribution in [1.29, 1.82) is 0 Å². The first kappa shape index (κ1) is 15.9. The number of benzene rings is 1. The molecular weight excluding hydrogens is 262 g/mol. The third-order valence-electron chi connectivity index (χ3n) is 4.78. The van der Waals surface area contributed by atoms with Crippen LogP contribution >= 0.6 is 0 Å². The van der Waals surface area contributed by atoms with Crippen LogP contribution in [0.3, 0.4) is 0 Å². The number of nitrogens with zero attached hydrogens (tertiary/aromatic N) is 1. The van der Waals surface area contributed by atoms with Gasteiger partial charge in [-0.3, -0.25) is 4.79 Å². The van der Waals surface area contributed by atoms with Crippen molar-refractivity contribution >= 4 is 11.7 Å². The van der Waals surface area contributed by atoms with Crippen molar-refractivity contribution in [2.75, 3.05) is 11.4 Å². The Hall–Kier alpha value is -1.51. The molecule has 3 unspecified atom stereocenters. The minimum Gasteiger partial charge on any atom is -0.481 e. The van der Waals surface area contributed by atoms with E-state index in [9.17, 15) is 4.79 Å². The monoisotopic (exact) mass is 289 g/mol. The maximum Gasteiger partial charge on any atom is 0.305 e. The Morgan fingerprint density at radius 1 is 1.29 bits per heavy atom. The number of hydrogen-bond acceptors (Lipinski definition) is 2. The molecule has 116 valence electrons. The van der Waals surface area contributed by atoms with E-state index in [1.165, 1.54) is 24.1 Å². The summed E-state index contributed by atoms with van der Waals surface area (Å²) >= 11 is 0. The van der Waals surface area contributed by atoms with Crippen molar-refractivity contribution in [2.45, 2.75) is 52.5 Å². The zero-order valence-electron chi connectivity index (χ0n) is 13.4. The first-order chi connectivity index (χ1) is 9.99. The molecule has 0 amide bonds. The van der Waals surface area contributed by atoms with Crippen LogP contribution in [0.25, 0.3) is 0 Å². The molecule has 1 saturated carbocycles. The molecule has 1 aromatic carbocycles. The molecule has 1 aliphatic rings. The summed E-state index contributed by atoms with van der Waals surface area (Å²) in [6.45, 7) is 7.34. The maximum absolute atomic E-state index is 11.0. The van der Waals surface area contributed by atoms with Crippen LogP contribution < -0.4 is 4.90 Å². The van der Waals surface area contributed by atoms with E-state index in [1.54, 1.807) is 0 Å². The quantitative estimate of drug-likeness (QED) is 0.887. The Balaban J connectivity index is 2.23. The number of aliphatic carboxylic acids is 1. The zero-order chi connectivity index (χ0) is 15.4. The van der Waals surface area contributed by atoms with Crippen LogP contribution in [0.15, 0.2) is 24.3 Å². The van der Waals surface area contributed by atoms with Crippen LogP contribution in [0.1, 0.15) is 45.1 Å². The molecule has 3 heteroatoms. The van der Waals surface area contributed by atoms with Crippen LogP contribution in [0.2, 0.25) is 0 Å². The highest BCUT2D eigenvalue weighted by Crippen LogP contribution is 2.35. The van der Waals surface area contributed by atoms with E-state index < -0.39 is 5.97 Å². The minimum atomic E-state index is -0.717. The lowest BCUT2D eigenvalue weighted by molar-refractivity contribution is -0.136. The van der Waals surface area contributed by atoms with E-state index >= 15 is 0 Å². The predicted octanol–water partition coefficient (Wildman–Crippen LogP) is 4.10. The van der Waals surface area contributed by atoms with E-state index in [-0.39, 0.29) is 6.42 Å². The van der Waals surface area contributed by atoms with Gasteiger partial charge in [0.25, 0.3) is 0 Å². The average molecular weight is 289 g/mol. The number of carboxylic acid groups (broad SMARTS) is 1. The van der Waals surface area contributed by atoms with Gasteiger partial charge in [0, 0.05) is 18.3 Å². The van der Waals surface area contributed by atoms with Gasteiger partial charge in [0.1, 0.15) is 0 Å². The summed E-state index contributed by atoms with van der Waals surface area (Å²) in [4.78, 5) is 13.4. The molecule has 3 nitrogen and oxygen atoms in total. The number of para-hydroxylation sites is 1. The van der Waals surface area contributed by atoms with Gasteiger partial charge in [0.05, 0.1) is 6.42 Å². The molecule has 0 heterocycles. The van der Waals surface area contributed by atoms with E-state index in [1.807, 2.05) is 12.1 Å². The SMILES string of the molecule is Cc1ccccc1N(CCC(=O)O)C1CCC(C)CC1C. The van der Waals surface area contributed by atoms with Gasteiger partial charge < -0.3 is 10.0 Å². The predicted molar refractivity (Wildman–Crippen MR) is 86.7 cm³/mol. The van der Waals surface area contributed by atoms with Crippen molar-refractivity contribution in [3.05, 3.63) is 29.8 Å². The molecule has 2 rings (SSSR count). The number of hydrogen-bond donors (Lipinski definition) is 1. The van der Waals surface area contributed by atoms with Crippen molar-refractivity contribution in [2.24, 2.45) is 11.8 Å². The molecule has 0 bridgehead atoms. The Morgan fingerprint density at radius 3 is 2.62 bits per heavy atom. The third-order valence-corrected chi connectivity index (χ3v) is 4.78. The summed E-state index contributed by atoms with van der Waals surface area (Å²) in [5, 5.41) is 9.06. The van der Waals surface area contributed by atoms with Crippen molar-refractivity contribution in [3.63, 3.8) is 0 Å². The second-order valence-corrected chi connectivity index (χ2v) is 6.59. The molecule has 1 aromatic rings. The molecule has 0 aliphatic heterocycles. The van der Waals surface area contributed by atoms with E-state index in [2.05, 4.69) is 37.8 Å². The number of anilines is 1. The molecule has 1 fully saturated rings. The second-order valence-electron chi connectivity index (χ2n) is 6.59. The Kier molecular flexibility index (Phi) is 5.27. The third kappa shape index (κ3) is 3.99. The molecule has 3 atom stereocenters. The Labute approximate surface area is 128 Å². The highest BCUT2D eigenvalue weighted by Gasteiger charge is 2.30. The fourth-order valence-corrected chi connectivity index (χ4v) is 3.68. The summed E-state index contributed by atoms with van der Waals surface area (Å²) in [6, 6.07) is 8.79. The average Bonchev–Trinajstić information content (AvgIpc) is 2.42. The zero-order valence-corrected chi connectivity index (χ0v) is 13.4. The number of carbonyl (C=O) groups is 1. The summed E-state index contributed by atoms with van der Waals surface area (Å²) in [7, 11) is 0. The molecule has 1 N–H and O–H groups in total. The number of carboxylic acids is 1. The fourth-order valence-electron chi connectivity index (χ4n) is 3.68. The molecule has 1 aliphatic carbocycles. The second kappa shape index (κ2) is 6.97. The fraction of sp³-hybridized carbons (Fsp3) is 0.611. The normalized spacial score (nSPS) is 25.6. The first-order valence-electron chi connectivity index (χ1n) is 8.03. The van der Waals surface area contributed by atoms with Crippen LogP contribution in [0.4, 0.5) is 5.69 Å². The van der Waals surface area contributed by atoms with E-state index in [0.717, 1.165) is 12.3 Å². The van der Waals surface area contributed by atoms with Gasteiger partial charge in [-0.15, -0.1) is 0 Å².